The molecule has 4 rings (SSSR count). The number of aromatic amines is 1. The second-order valence-corrected chi connectivity index (χ2v) is 6.21. The highest BCUT2D eigenvalue weighted by molar-refractivity contribution is 6.03. The van der Waals surface area contributed by atoms with E-state index in [9.17, 15) is 4.79 Å². The first-order chi connectivity index (χ1) is 13.6. The fraction of sp³-hybridized carbons (Fsp3) is 0.100. The number of aryl methyl sites for hydroxylation is 2. The number of benzene rings is 1. The third-order valence-corrected chi connectivity index (χ3v) is 4.02. The number of carbonyl (C=O) groups excluding carboxylic acids is 1. The minimum absolute atomic E-state index is 0.185. The van der Waals surface area contributed by atoms with Crippen molar-refractivity contribution < 1.29 is 4.79 Å². The van der Waals surface area contributed by atoms with Gasteiger partial charge in [-0.2, -0.15) is 15.1 Å². The molecule has 0 spiro atoms. The molecule has 3 heterocycles. The molecule has 0 bridgehead atoms. The number of rotatable bonds is 4. The predicted octanol–water partition coefficient (Wildman–Crippen LogP) is 3.19. The van der Waals surface area contributed by atoms with Gasteiger partial charge in [-0.1, -0.05) is 18.2 Å². The average Bonchev–Trinajstić information content (AvgIpc) is 3.15. The minimum atomic E-state index is -0.303. The summed E-state index contributed by atoms with van der Waals surface area (Å²) in [6.45, 7) is 3.68. The molecular formula is C20H17N7O. The lowest BCUT2D eigenvalue weighted by Gasteiger charge is -2.07. The lowest BCUT2D eigenvalue weighted by Crippen LogP contribution is -2.15. The summed E-state index contributed by atoms with van der Waals surface area (Å²) >= 11 is 0. The monoisotopic (exact) mass is 371 g/mol. The van der Waals surface area contributed by atoms with Gasteiger partial charge in [0, 0.05) is 23.0 Å². The van der Waals surface area contributed by atoms with Gasteiger partial charge in [-0.3, -0.25) is 20.2 Å². The highest BCUT2D eigenvalue weighted by Crippen LogP contribution is 2.19. The summed E-state index contributed by atoms with van der Waals surface area (Å²) in [5, 5.41) is 9.84. The van der Waals surface area contributed by atoms with Crippen LogP contribution in [0, 0.1) is 13.8 Å². The van der Waals surface area contributed by atoms with Crippen molar-refractivity contribution >= 4 is 11.9 Å². The maximum atomic E-state index is 12.6. The van der Waals surface area contributed by atoms with Gasteiger partial charge in [-0.05, 0) is 44.2 Å². The molecule has 28 heavy (non-hydrogen) atoms. The van der Waals surface area contributed by atoms with Gasteiger partial charge in [0.05, 0.1) is 5.69 Å². The SMILES string of the molecule is Cc1nc(NC(=O)c2ccc(-c3cc(C)[nH]n3)cc2)nc(-c2ccccn2)n1. The normalized spacial score (nSPS) is 10.6. The van der Waals surface area contributed by atoms with Gasteiger partial charge in [0.25, 0.3) is 5.91 Å². The Morgan fingerprint density at radius 1 is 0.964 bits per heavy atom. The lowest BCUT2D eigenvalue weighted by atomic mass is 10.1. The molecule has 0 radical (unpaired) electrons. The van der Waals surface area contributed by atoms with Crippen LogP contribution in [0.2, 0.25) is 0 Å². The molecule has 8 nitrogen and oxygen atoms in total. The van der Waals surface area contributed by atoms with Crippen LogP contribution in [0.5, 0.6) is 0 Å². The molecule has 0 aliphatic rings. The molecule has 8 heteroatoms. The van der Waals surface area contributed by atoms with Gasteiger partial charge < -0.3 is 0 Å². The number of pyridine rings is 1. The Morgan fingerprint density at radius 3 is 2.46 bits per heavy atom. The molecule has 1 amide bonds. The number of carbonyl (C=O) groups is 1. The molecule has 0 fully saturated rings. The van der Waals surface area contributed by atoms with E-state index in [1.54, 1.807) is 31.3 Å². The van der Waals surface area contributed by atoms with E-state index in [1.165, 1.54) is 0 Å². The van der Waals surface area contributed by atoms with Gasteiger partial charge in [0.2, 0.25) is 5.95 Å². The Bertz CT molecular complexity index is 1120. The third-order valence-electron chi connectivity index (χ3n) is 4.02. The quantitative estimate of drug-likeness (QED) is 0.570. The molecule has 0 atom stereocenters. The van der Waals surface area contributed by atoms with Crippen LogP contribution >= 0.6 is 0 Å². The molecule has 2 N–H and O–H groups in total. The fourth-order valence-electron chi connectivity index (χ4n) is 2.68. The van der Waals surface area contributed by atoms with E-state index < -0.39 is 0 Å². The minimum Gasteiger partial charge on any atom is -0.290 e. The molecule has 0 saturated heterocycles. The lowest BCUT2D eigenvalue weighted by molar-refractivity contribution is 0.102. The Morgan fingerprint density at radius 2 is 1.79 bits per heavy atom. The van der Waals surface area contributed by atoms with Crippen molar-refractivity contribution in [2.24, 2.45) is 0 Å². The van der Waals surface area contributed by atoms with E-state index in [0.717, 1.165) is 17.0 Å². The molecule has 1 aromatic carbocycles. The van der Waals surface area contributed by atoms with E-state index in [1.807, 2.05) is 37.3 Å². The van der Waals surface area contributed by atoms with Crippen LogP contribution in [0.1, 0.15) is 21.9 Å². The summed E-state index contributed by atoms with van der Waals surface area (Å²) in [5.74, 6) is 0.787. The zero-order valence-electron chi connectivity index (χ0n) is 15.3. The van der Waals surface area contributed by atoms with Crippen LogP contribution in [-0.2, 0) is 0 Å². The van der Waals surface area contributed by atoms with Gasteiger partial charge in [-0.15, -0.1) is 0 Å². The molecule has 138 valence electrons. The van der Waals surface area contributed by atoms with Crippen LogP contribution in [0.15, 0.2) is 54.7 Å². The number of nitrogens with zero attached hydrogens (tertiary/aromatic N) is 5. The molecular weight excluding hydrogens is 354 g/mol. The third kappa shape index (κ3) is 3.75. The first kappa shape index (κ1) is 17.5. The first-order valence-corrected chi connectivity index (χ1v) is 8.66. The van der Waals surface area contributed by atoms with Crippen LogP contribution in [0.3, 0.4) is 0 Å². The van der Waals surface area contributed by atoms with Crippen LogP contribution in [-0.4, -0.2) is 36.0 Å². The van der Waals surface area contributed by atoms with E-state index in [2.05, 4.69) is 35.5 Å². The summed E-state index contributed by atoms with van der Waals surface area (Å²) in [6, 6.07) is 14.6. The molecule has 0 unspecified atom stereocenters. The van der Waals surface area contributed by atoms with Crippen molar-refractivity contribution in [3.05, 3.63) is 71.8 Å². The van der Waals surface area contributed by atoms with Crippen molar-refractivity contribution in [3.8, 4) is 22.8 Å². The van der Waals surface area contributed by atoms with Crippen LogP contribution in [0.4, 0.5) is 5.95 Å². The Labute approximate surface area is 161 Å². The molecule has 3 aromatic heterocycles. The van der Waals surface area contributed by atoms with Gasteiger partial charge >= 0.3 is 0 Å². The Hall–Kier alpha value is -3.94. The largest absolute Gasteiger partial charge is 0.290 e. The molecule has 0 aliphatic carbocycles. The number of hydrogen-bond acceptors (Lipinski definition) is 6. The second kappa shape index (κ2) is 7.36. The number of hydrogen-bond donors (Lipinski definition) is 2. The Kier molecular flexibility index (Phi) is 4.59. The zero-order valence-corrected chi connectivity index (χ0v) is 15.3. The summed E-state index contributed by atoms with van der Waals surface area (Å²) in [4.78, 5) is 29.6. The summed E-state index contributed by atoms with van der Waals surface area (Å²) in [7, 11) is 0. The van der Waals surface area contributed by atoms with Crippen molar-refractivity contribution in [1.82, 2.24) is 30.1 Å². The molecule has 0 aliphatic heterocycles. The fourth-order valence-corrected chi connectivity index (χ4v) is 2.68. The van der Waals surface area contributed by atoms with Crippen LogP contribution < -0.4 is 5.32 Å². The van der Waals surface area contributed by atoms with Crippen molar-refractivity contribution in [2.75, 3.05) is 5.32 Å². The first-order valence-electron chi connectivity index (χ1n) is 8.66. The average molecular weight is 371 g/mol. The van der Waals surface area contributed by atoms with Crippen molar-refractivity contribution in [3.63, 3.8) is 0 Å². The number of nitrogens with one attached hydrogen (secondary N) is 2. The second-order valence-electron chi connectivity index (χ2n) is 6.21. The van der Waals surface area contributed by atoms with E-state index in [0.29, 0.717) is 22.9 Å². The van der Waals surface area contributed by atoms with Crippen molar-refractivity contribution in [1.29, 1.82) is 0 Å². The highest BCUT2D eigenvalue weighted by Gasteiger charge is 2.12. The summed E-state index contributed by atoms with van der Waals surface area (Å²) in [5.41, 5.74) is 3.84. The molecule has 4 aromatic rings. The zero-order chi connectivity index (χ0) is 19.5. The highest BCUT2D eigenvalue weighted by atomic mass is 16.1. The summed E-state index contributed by atoms with van der Waals surface area (Å²) in [6.07, 6.45) is 1.66. The van der Waals surface area contributed by atoms with Gasteiger partial charge in [0.15, 0.2) is 5.82 Å². The van der Waals surface area contributed by atoms with Gasteiger partial charge in [-0.25, -0.2) is 4.98 Å². The number of anilines is 1. The number of amides is 1. The predicted molar refractivity (Wildman–Crippen MR) is 105 cm³/mol. The van der Waals surface area contributed by atoms with E-state index in [-0.39, 0.29) is 11.9 Å². The molecule has 0 saturated carbocycles. The van der Waals surface area contributed by atoms with Crippen molar-refractivity contribution in [2.45, 2.75) is 13.8 Å². The van der Waals surface area contributed by atoms with Gasteiger partial charge in [0.1, 0.15) is 11.5 Å². The topological polar surface area (TPSA) is 109 Å². The summed E-state index contributed by atoms with van der Waals surface area (Å²) < 4.78 is 0. The smallest absolute Gasteiger partial charge is 0.258 e. The number of H-pyrrole nitrogens is 1. The van der Waals surface area contributed by atoms with E-state index >= 15 is 0 Å². The maximum Gasteiger partial charge on any atom is 0.258 e. The standard InChI is InChI=1S/C20H17N7O/c1-12-11-17(27-26-12)14-6-8-15(9-7-14)19(28)25-20-23-13(2)22-18(24-20)16-5-3-4-10-21-16/h3-11H,1-2H3,(H,26,27)(H,22,23,24,25,28). The van der Waals surface area contributed by atoms with Crippen LogP contribution in [0.25, 0.3) is 22.8 Å². The number of aromatic nitrogens is 6. The Balaban J connectivity index is 1.54. The maximum absolute atomic E-state index is 12.6. The van der Waals surface area contributed by atoms with E-state index in [4.69, 9.17) is 0 Å².